The molecule has 1 heterocycles. The zero-order valence-corrected chi connectivity index (χ0v) is 13.8. The highest BCUT2D eigenvalue weighted by Crippen LogP contribution is 2.13. The predicted octanol–water partition coefficient (Wildman–Crippen LogP) is 2.25. The molecule has 0 atom stereocenters. The lowest BCUT2D eigenvalue weighted by Gasteiger charge is -2.19. The van der Waals surface area contributed by atoms with Gasteiger partial charge in [0.15, 0.2) is 0 Å². The van der Waals surface area contributed by atoms with Crippen molar-refractivity contribution in [2.75, 3.05) is 6.54 Å². The molecule has 0 aliphatic rings. The molecule has 0 unspecified atom stereocenters. The lowest BCUT2D eigenvalue weighted by Crippen LogP contribution is -2.34. The number of nitrogens with zero attached hydrogens (tertiary/aromatic N) is 2. The summed E-state index contributed by atoms with van der Waals surface area (Å²) in [5.74, 6) is -0.825. The number of nitrogens with one attached hydrogen (secondary N) is 1. The van der Waals surface area contributed by atoms with Gasteiger partial charge in [-0.05, 0) is 39.8 Å². The van der Waals surface area contributed by atoms with Crippen LogP contribution in [0.2, 0.25) is 0 Å². The van der Waals surface area contributed by atoms with Gasteiger partial charge in [-0.2, -0.15) is 5.10 Å². The standard InChI is InChI=1S/C17H21N3O3/c1-12-14(10-19-20(12)13-8-6-5-7-9-13)16(22)18-11-15(21)23-17(2,3)4/h5-10H,11H2,1-4H3,(H,18,22). The Morgan fingerprint density at radius 1 is 1.22 bits per heavy atom. The third-order valence-electron chi connectivity index (χ3n) is 3.07. The molecule has 6 heteroatoms. The zero-order valence-electron chi connectivity index (χ0n) is 13.8. The summed E-state index contributed by atoms with van der Waals surface area (Å²) >= 11 is 0. The summed E-state index contributed by atoms with van der Waals surface area (Å²) in [4.78, 5) is 23.9. The fourth-order valence-electron chi connectivity index (χ4n) is 2.09. The molecule has 2 rings (SSSR count). The third-order valence-corrected chi connectivity index (χ3v) is 3.07. The summed E-state index contributed by atoms with van der Waals surface area (Å²) in [7, 11) is 0. The van der Waals surface area contributed by atoms with Crippen LogP contribution < -0.4 is 5.32 Å². The molecular formula is C17H21N3O3. The van der Waals surface area contributed by atoms with E-state index < -0.39 is 11.6 Å². The number of esters is 1. The van der Waals surface area contributed by atoms with E-state index in [-0.39, 0.29) is 12.5 Å². The van der Waals surface area contributed by atoms with Crippen LogP contribution in [0.25, 0.3) is 5.69 Å². The van der Waals surface area contributed by atoms with Gasteiger partial charge >= 0.3 is 5.97 Å². The summed E-state index contributed by atoms with van der Waals surface area (Å²) in [6.07, 6.45) is 1.49. The first-order valence-corrected chi connectivity index (χ1v) is 7.38. The third kappa shape index (κ3) is 4.42. The number of rotatable bonds is 4. The van der Waals surface area contributed by atoms with Crippen molar-refractivity contribution >= 4 is 11.9 Å². The highest BCUT2D eigenvalue weighted by molar-refractivity contribution is 5.96. The van der Waals surface area contributed by atoms with Crippen molar-refractivity contribution in [1.82, 2.24) is 15.1 Å². The minimum absolute atomic E-state index is 0.175. The highest BCUT2D eigenvalue weighted by Gasteiger charge is 2.19. The molecule has 6 nitrogen and oxygen atoms in total. The van der Waals surface area contributed by atoms with Gasteiger partial charge in [0, 0.05) is 0 Å². The quantitative estimate of drug-likeness (QED) is 0.878. The van der Waals surface area contributed by atoms with Gasteiger partial charge in [0.05, 0.1) is 23.1 Å². The molecule has 0 bridgehead atoms. The number of benzene rings is 1. The Hall–Kier alpha value is -2.63. The number of carbonyl (C=O) groups excluding carboxylic acids is 2. The Balaban J connectivity index is 2.04. The van der Waals surface area contributed by atoms with Crippen LogP contribution in [0.1, 0.15) is 36.8 Å². The van der Waals surface area contributed by atoms with E-state index >= 15 is 0 Å². The van der Waals surface area contributed by atoms with Crippen LogP contribution in [0.4, 0.5) is 0 Å². The SMILES string of the molecule is Cc1c(C(=O)NCC(=O)OC(C)(C)C)cnn1-c1ccccc1. The van der Waals surface area contributed by atoms with Crippen LogP contribution in [0.15, 0.2) is 36.5 Å². The topological polar surface area (TPSA) is 73.2 Å². The van der Waals surface area contributed by atoms with Crippen LogP contribution >= 0.6 is 0 Å². The Morgan fingerprint density at radius 2 is 1.87 bits per heavy atom. The largest absolute Gasteiger partial charge is 0.459 e. The fourth-order valence-corrected chi connectivity index (χ4v) is 2.09. The predicted molar refractivity (Wildman–Crippen MR) is 86.5 cm³/mol. The number of hydrogen-bond acceptors (Lipinski definition) is 4. The lowest BCUT2D eigenvalue weighted by atomic mass is 10.2. The van der Waals surface area contributed by atoms with Crippen molar-refractivity contribution in [2.45, 2.75) is 33.3 Å². The van der Waals surface area contributed by atoms with E-state index in [2.05, 4.69) is 10.4 Å². The first kappa shape index (κ1) is 16.7. The van der Waals surface area contributed by atoms with Crippen molar-refractivity contribution in [3.63, 3.8) is 0 Å². The molecule has 1 N–H and O–H groups in total. The maximum atomic E-state index is 12.2. The van der Waals surface area contributed by atoms with Crippen LogP contribution in [-0.2, 0) is 9.53 Å². The van der Waals surface area contributed by atoms with E-state index in [1.165, 1.54) is 6.20 Å². The Labute approximate surface area is 135 Å². The summed E-state index contributed by atoms with van der Waals surface area (Å²) in [6.45, 7) is 6.97. The molecule has 1 amide bonds. The molecule has 0 spiro atoms. The number of ether oxygens (including phenoxy) is 1. The second kappa shape index (κ2) is 6.64. The number of amides is 1. The fraction of sp³-hybridized carbons (Fsp3) is 0.353. The number of aromatic nitrogens is 2. The molecule has 0 saturated heterocycles. The maximum Gasteiger partial charge on any atom is 0.325 e. The van der Waals surface area contributed by atoms with Crippen molar-refractivity contribution < 1.29 is 14.3 Å². The van der Waals surface area contributed by atoms with Crippen LogP contribution in [-0.4, -0.2) is 33.8 Å². The molecule has 1 aromatic carbocycles. The molecule has 2 aromatic rings. The number of hydrogen-bond donors (Lipinski definition) is 1. The molecule has 0 aliphatic carbocycles. The normalized spacial score (nSPS) is 11.1. The summed E-state index contributed by atoms with van der Waals surface area (Å²) in [5.41, 5.74) is 1.43. The molecule has 0 radical (unpaired) electrons. The lowest BCUT2D eigenvalue weighted by molar-refractivity contribution is -0.153. The average molecular weight is 315 g/mol. The van der Waals surface area contributed by atoms with Gasteiger partial charge in [-0.1, -0.05) is 18.2 Å². The van der Waals surface area contributed by atoms with E-state index in [9.17, 15) is 9.59 Å². The second-order valence-corrected chi connectivity index (χ2v) is 6.16. The van der Waals surface area contributed by atoms with Crippen molar-refractivity contribution in [1.29, 1.82) is 0 Å². The summed E-state index contributed by atoms with van der Waals surface area (Å²) < 4.78 is 6.84. The zero-order chi connectivity index (χ0) is 17.0. The van der Waals surface area contributed by atoms with Crippen molar-refractivity contribution in [2.24, 2.45) is 0 Å². The summed E-state index contributed by atoms with van der Waals surface area (Å²) in [5, 5.41) is 6.79. The van der Waals surface area contributed by atoms with Gasteiger partial charge < -0.3 is 10.1 Å². The number of para-hydroxylation sites is 1. The van der Waals surface area contributed by atoms with Crippen molar-refractivity contribution in [3.05, 3.63) is 47.8 Å². The maximum absolute atomic E-state index is 12.2. The van der Waals surface area contributed by atoms with Gasteiger partial charge in [0.1, 0.15) is 12.1 Å². The first-order valence-electron chi connectivity index (χ1n) is 7.38. The monoisotopic (exact) mass is 315 g/mol. The average Bonchev–Trinajstić information content (AvgIpc) is 2.86. The summed E-state index contributed by atoms with van der Waals surface area (Å²) in [6, 6.07) is 9.53. The van der Waals surface area contributed by atoms with Gasteiger partial charge in [0.25, 0.3) is 5.91 Å². The molecular weight excluding hydrogens is 294 g/mol. The van der Waals surface area contributed by atoms with Crippen LogP contribution in [0.5, 0.6) is 0 Å². The first-order chi connectivity index (χ1) is 10.8. The van der Waals surface area contributed by atoms with E-state index in [0.29, 0.717) is 11.3 Å². The molecule has 23 heavy (non-hydrogen) atoms. The van der Waals surface area contributed by atoms with Crippen LogP contribution in [0, 0.1) is 6.92 Å². The minimum atomic E-state index is -0.573. The van der Waals surface area contributed by atoms with Gasteiger partial charge in [-0.25, -0.2) is 4.68 Å². The molecule has 0 saturated carbocycles. The van der Waals surface area contributed by atoms with E-state index in [1.807, 2.05) is 37.3 Å². The minimum Gasteiger partial charge on any atom is -0.459 e. The van der Waals surface area contributed by atoms with Crippen molar-refractivity contribution in [3.8, 4) is 5.69 Å². The highest BCUT2D eigenvalue weighted by atomic mass is 16.6. The van der Waals surface area contributed by atoms with E-state index in [0.717, 1.165) is 5.69 Å². The van der Waals surface area contributed by atoms with E-state index in [1.54, 1.807) is 25.5 Å². The van der Waals surface area contributed by atoms with Gasteiger partial charge in [-0.15, -0.1) is 0 Å². The molecule has 122 valence electrons. The molecule has 1 aromatic heterocycles. The Kier molecular flexibility index (Phi) is 4.83. The Morgan fingerprint density at radius 3 is 2.48 bits per heavy atom. The molecule has 0 fully saturated rings. The van der Waals surface area contributed by atoms with Crippen LogP contribution in [0.3, 0.4) is 0 Å². The Bertz CT molecular complexity index is 700. The smallest absolute Gasteiger partial charge is 0.325 e. The number of carbonyl (C=O) groups is 2. The van der Waals surface area contributed by atoms with E-state index in [4.69, 9.17) is 4.74 Å². The van der Waals surface area contributed by atoms with Gasteiger partial charge in [0.2, 0.25) is 0 Å². The second-order valence-electron chi connectivity index (χ2n) is 6.16. The van der Waals surface area contributed by atoms with Gasteiger partial charge in [-0.3, -0.25) is 9.59 Å². The molecule has 0 aliphatic heterocycles.